The number of nitrogens with zero attached hydrogens (tertiary/aromatic N) is 3. The summed E-state index contributed by atoms with van der Waals surface area (Å²) in [6.45, 7) is 4.45. The fraction of sp³-hybridized carbons (Fsp3) is 0.406. The molecule has 5 atom stereocenters. The van der Waals surface area contributed by atoms with Crippen LogP contribution in [0.15, 0.2) is 48.5 Å². The number of carbonyl (C=O) groups is 5. The monoisotopic (exact) mass is 635 g/mol. The number of hydrogen-bond acceptors (Lipinski definition) is 13. The van der Waals surface area contributed by atoms with Gasteiger partial charge in [-0.05, 0) is 24.6 Å². The number of benzene rings is 2. The lowest BCUT2D eigenvalue weighted by molar-refractivity contribution is -0.300. The van der Waals surface area contributed by atoms with Crippen LogP contribution in [0.1, 0.15) is 40.5 Å². The average molecular weight is 636 g/mol. The Bertz CT molecular complexity index is 1800. The Labute approximate surface area is 262 Å². The predicted molar refractivity (Wildman–Crippen MR) is 160 cm³/mol. The molecule has 0 bridgehead atoms. The first-order valence-electron chi connectivity index (χ1n) is 14.7. The van der Waals surface area contributed by atoms with Crippen LogP contribution in [-0.2, 0) is 58.9 Å². The van der Waals surface area contributed by atoms with Crippen molar-refractivity contribution in [2.75, 3.05) is 6.61 Å². The Hall–Kier alpha value is -5.11. The largest absolute Gasteiger partial charge is 0.463 e. The van der Waals surface area contributed by atoms with Crippen molar-refractivity contribution in [1.82, 2.24) is 14.5 Å². The van der Waals surface area contributed by atoms with Gasteiger partial charge in [0.05, 0.1) is 16.6 Å². The molecule has 1 saturated heterocycles. The van der Waals surface area contributed by atoms with E-state index in [9.17, 15) is 24.0 Å². The van der Waals surface area contributed by atoms with Crippen LogP contribution in [0.5, 0.6) is 0 Å². The standard InChI is InChI=1S/C32H33N3O11/c1-17(36)41-16-25-28(42-18(2)37)29(43-19(3)38)30(44-20(4)39)32(45-25)46-26(40)14-9-15-35-24-13-8-5-10-21(24)27-31(35)34-23-12-7-6-11-22(23)33-27/h5-8,10-13,25,28-30,32H,9,14-16H2,1-4H3/t25-,28-,29+,30-,32+/m1/s1. The Morgan fingerprint density at radius 1 is 0.739 bits per heavy atom. The van der Waals surface area contributed by atoms with Crippen LogP contribution in [0.4, 0.5) is 0 Å². The quantitative estimate of drug-likeness (QED) is 0.184. The summed E-state index contributed by atoms with van der Waals surface area (Å²) in [6.07, 6.45) is -6.86. The van der Waals surface area contributed by atoms with Crippen LogP contribution < -0.4 is 0 Å². The molecule has 0 saturated carbocycles. The van der Waals surface area contributed by atoms with Crippen LogP contribution >= 0.6 is 0 Å². The number of hydrogen-bond donors (Lipinski definition) is 0. The summed E-state index contributed by atoms with van der Waals surface area (Å²) in [4.78, 5) is 70.4. The number of esters is 5. The van der Waals surface area contributed by atoms with Crippen molar-refractivity contribution in [3.05, 3.63) is 48.5 Å². The van der Waals surface area contributed by atoms with Crippen molar-refractivity contribution >= 4 is 62.9 Å². The van der Waals surface area contributed by atoms with E-state index in [1.807, 2.05) is 53.1 Å². The maximum absolute atomic E-state index is 13.2. The van der Waals surface area contributed by atoms with E-state index in [0.717, 1.165) is 55.1 Å². The molecule has 46 heavy (non-hydrogen) atoms. The second-order valence-electron chi connectivity index (χ2n) is 10.7. The SMILES string of the molecule is CC(=O)OC[C@H]1O[C@@H](OC(=O)CCCn2c3ccccc3c3nc4ccccc4nc32)[C@H](OC(C)=O)[C@@H](OC(C)=O)[C@@H]1OC(C)=O. The van der Waals surface area contributed by atoms with Crippen molar-refractivity contribution in [3.63, 3.8) is 0 Å². The highest BCUT2D eigenvalue weighted by molar-refractivity contribution is 6.06. The lowest BCUT2D eigenvalue weighted by Gasteiger charge is -2.43. The van der Waals surface area contributed by atoms with E-state index < -0.39 is 67.2 Å². The van der Waals surface area contributed by atoms with E-state index >= 15 is 0 Å². The summed E-state index contributed by atoms with van der Waals surface area (Å²) in [5.41, 5.74) is 3.83. The molecule has 2 aromatic heterocycles. The molecule has 2 aromatic carbocycles. The Morgan fingerprint density at radius 3 is 2.02 bits per heavy atom. The van der Waals surface area contributed by atoms with Gasteiger partial charge in [0.1, 0.15) is 18.2 Å². The van der Waals surface area contributed by atoms with Crippen molar-refractivity contribution in [2.45, 2.75) is 77.8 Å². The fourth-order valence-corrected chi connectivity index (χ4v) is 5.46. The Balaban J connectivity index is 1.36. The lowest BCUT2D eigenvalue weighted by atomic mass is 9.98. The van der Waals surface area contributed by atoms with E-state index in [-0.39, 0.29) is 6.42 Å². The third kappa shape index (κ3) is 7.23. The number of ether oxygens (including phenoxy) is 6. The number of rotatable bonds is 10. The number of carbonyl (C=O) groups excluding carboxylic acids is 5. The van der Waals surface area contributed by atoms with Crippen molar-refractivity contribution < 1.29 is 52.4 Å². The van der Waals surface area contributed by atoms with Crippen LogP contribution in [0.3, 0.4) is 0 Å². The van der Waals surface area contributed by atoms with E-state index in [1.54, 1.807) is 0 Å². The highest BCUT2D eigenvalue weighted by atomic mass is 16.7. The highest BCUT2D eigenvalue weighted by Gasteiger charge is 2.53. The first-order chi connectivity index (χ1) is 22.0. The Morgan fingerprint density at radius 2 is 1.35 bits per heavy atom. The number of aryl methyl sites for hydroxylation is 1. The van der Waals surface area contributed by atoms with Gasteiger partial charge in [-0.3, -0.25) is 24.0 Å². The first-order valence-corrected chi connectivity index (χ1v) is 14.7. The van der Waals surface area contributed by atoms with Gasteiger partial charge in [0.15, 0.2) is 17.9 Å². The molecule has 0 radical (unpaired) electrons. The van der Waals surface area contributed by atoms with Gasteiger partial charge in [0, 0.05) is 46.0 Å². The molecule has 1 aliphatic heterocycles. The van der Waals surface area contributed by atoms with Crippen LogP contribution in [0.2, 0.25) is 0 Å². The Kier molecular flexibility index (Phi) is 9.75. The normalized spacial score (nSPS) is 21.1. The van der Waals surface area contributed by atoms with Crippen molar-refractivity contribution in [1.29, 1.82) is 0 Å². The van der Waals surface area contributed by atoms with E-state index in [0.29, 0.717) is 18.6 Å². The number of aromatic nitrogens is 3. The zero-order valence-corrected chi connectivity index (χ0v) is 25.7. The molecular formula is C32H33N3O11. The molecule has 4 aromatic rings. The molecule has 0 N–H and O–H groups in total. The van der Waals surface area contributed by atoms with Gasteiger partial charge in [-0.1, -0.05) is 30.3 Å². The summed E-state index contributed by atoms with van der Waals surface area (Å²) in [5.74, 6) is -3.73. The van der Waals surface area contributed by atoms with Crippen molar-refractivity contribution in [2.24, 2.45) is 0 Å². The van der Waals surface area contributed by atoms with Gasteiger partial charge >= 0.3 is 29.8 Å². The second-order valence-corrected chi connectivity index (χ2v) is 10.7. The lowest BCUT2D eigenvalue weighted by Crippen LogP contribution is -2.63. The second kappa shape index (κ2) is 13.9. The minimum Gasteiger partial charge on any atom is -0.463 e. The minimum atomic E-state index is -1.58. The summed E-state index contributed by atoms with van der Waals surface area (Å²) in [6, 6.07) is 15.3. The van der Waals surface area contributed by atoms with Crippen LogP contribution in [-0.4, -0.2) is 81.7 Å². The third-order valence-electron chi connectivity index (χ3n) is 7.22. The van der Waals surface area contributed by atoms with Crippen LogP contribution in [0.25, 0.3) is 33.1 Å². The van der Waals surface area contributed by atoms with E-state index in [2.05, 4.69) is 0 Å². The van der Waals surface area contributed by atoms with Gasteiger partial charge in [-0.15, -0.1) is 0 Å². The molecule has 0 unspecified atom stereocenters. The zero-order valence-electron chi connectivity index (χ0n) is 25.7. The zero-order chi connectivity index (χ0) is 33.0. The van der Waals surface area contributed by atoms with Crippen LogP contribution in [0, 0.1) is 0 Å². The van der Waals surface area contributed by atoms with Gasteiger partial charge in [0.25, 0.3) is 0 Å². The first kappa shape index (κ1) is 32.3. The van der Waals surface area contributed by atoms with Crippen molar-refractivity contribution in [3.8, 4) is 0 Å². The van der Waals surface area contributed by atoms with Gasteiger partial charge in [-0.25, -0.2) is 9.97 Å². The van der Waals surface area contributed by atoms with E-state index in [4.69, 9.17) is 38.4 Å². The van der Waals surface area contributed by atoms with Gasteiger partial charge in [0.2, 0.25) is 12.4 Å². The molecule has 0 spiro atoms. The highest BCUT2D eigenvalue weighted by Crippen LogP contribution is 2.31. The summed E-state index contributed by atoms with van der Waals surface area (Å²) in [5, 5.41) is 0.927. The number of para-hydroxylation sites is 3. The molecule has 0 amide bonds. The minimum absolute atomic E-state index is 0.0815. The fourth-order valence-electron chi connectivity index (χ4n) is 5.46. The molecule has 5 rings (SSSR count). The smallest absolute Gasteiger partial charge is 0.308 e. The third-order valence-corrected chi connectivity index (χ3v) is 7.22. The van der Waals surface area contributed by atoms with Gasteiger partial charge in [-0.2, -0.15) is 0 Å². The molecule has 242 valence electrons. The molecule has 0 aliphatic carbocycles. The average Bonchev–Trinajstić information content (AvgIpc) is 3.29. The summed E-state index contributed by atoms with van der Waals surface area (Å²) >= 11 is 0. The predicted octanol–water partition coefficient (Wildman–Crippen LogP) is 3.14. The topological polar surface area (TPSA) is 171 Å². The van der Waals surface area contributed by atoms with Gasteiger partial charge < -0.3 is 33.0 Å². The molecular weight excluding hydrogens is 602 g/mol. The number of fused-ring (bicyclic) bond motifs is 4. The summed E-state index contributed by atoms with van der Waals surface area (Å²) < 4.78 is 34.6. The summed E-state index contributed by atoms with van der Waals surface area (Å²) in [7, 11) is 0. The maximum atomic E-state index is 13.2. The van der Waals surface area contributed by atoms with E-state index in [1.165, 1.54) is 0 Å². The maximum Gasteiger partial charge on any atom is 0.308 e. The molecule has 1 aliphatic rings. The molecule has 1 fully saturated rings. The molecule has 14 nitrogen and oxygen atoms in total. The molecule has 14 heteroatoms. The molecule has 3 heterocycles.